The van der Waals surface area contributed by atoms with Gasteiger partial charge in [0.25, 0.3) is 0 Å². The van der Waals surface area contributed by atoms with Crippen LogP contribution in [0, 0.1) is 5.92 Å². The maximum Gasteiger partial charge on any atom is 0.161 e. The zero-order chi connectivity index (χ0) is 13.1. The van der Waals surface area contributed by atoms with Crippen LogP contribution in [0.2, 0.25) is 0 Å². The highest BCUT2D eigenvalue weighted by Crippen LogP contribution is 2.48. The zero-order valence-electron chi connectivity index (χ0n) is 11.4. The second-order valence-corrected chi connectivity index (χ2v) is 5.20. The summed E-state index contributed by atoms with van der Waals surface area (Å²) in [4.78, 5) is 0. The number of nitrogens with one attached hydrogen (secondary N) is 1. The summed E-state index contributed by atoms with van der Waals surface area (Å²) < 4.78 is 16.2. The molecule has 2 atom stereocenters. The maximum absolute atomic E-state index is 5.63. The highest BCUT2D eigenvalue weighted by molar-refractivity contribution is 5.46. The van der Waals surface area contributed by atoms with Gasteiger partial charge in [0.15, 0.2) is 11.5 Å². The average molecular weight is 263 g/mol. The molecule has 1 N–H and O–H groups in total. The van der Waals surface area contributed by atoms with Gasteiger partial charge in [-0.05, 0) is 42.5 Å². The minimum absolute atomic E-state index is 0.655. The summed E-state index contributed by atoms with van der Waals surface area (Å²) in [6.45, 7) is 4.09. The molecular weight excluding hydrogens is 242 g/mol. The van der Waals surface area contributed by atoms with Gasteiger partial charge < -0.3 is 19.5 Å². The van der Waals surface area contributed by atoms with E-state index in [-0.39, 0.29) is 0 Å². The molecule has 2 unspecified atom stereocenters. The van der Waals surface area contributed by atoms with Crippen LogP contribution in [-0.2, 0) is 4.74 Å². The van der Waals surface area contributed by atoms with E-state index >= 15 is 0 Å². The van der Waals surface area contributed by atoms with Gasteiger partial charge >= 0.3 is 0 Å². The number of hydrogen-bond donors (Lipinski definition) is 1. The SMILES string of the molecule is COCCNCC1CC1c1ccc2c(c1)OCCO2. The Kier molecular flexibility index (Phi) is 3.89. The van der Waals surface area contributed by atoms with Crippen molar-refractivity contribution in [3.8, 4) is 11.5 Å². The molecule has 0 saturated heterocycles. The van der Waals surface area contributed by atoms with E-state index < -0.39 is 0 Å². The van der Waals surface area contributed by atoms with Gasteiger partial charge in [0.05, 0.1) is 6.61 Å². The van der Waals surface area contributed by atoms with Gasteiger partial charge in [-0.1, -0.05) is 6.07 Å². The van der Waals surface area contributed by atoms with E-state index in [0.717, 1.165) is 37.1 Å². The molecule has 1 heterocycles. The van der Waals surface area contributed by atoms with E-state index in [2.05, 4.69) is 17.4 Å². The number of rotatable bonds is 6. The fraction of sp³-hybridized carbons (Fsp3) is 0.600. The molecule has 1 aromatic rings. The van der Waals surface area contributed by atoms with E-state index in [1.807, 2.05) is 6.07 Å². The molecule has 19 heavy (non-hydrogen) atoms. The topological polar surface area (TPSA) is 39.7 Å². The summed E-state index contributed by atoms with van der Waals surface area (Å²) in [5, 5.41) is 3.43. The monoisotopic (exact) mass is 263 g/mol. The molecule has 4 heteroatoms. The van der Waals surface area contributed by atoms with Crippen molar-refractivity contribution in [2.24, 2.45) is 5.92 Å². The molecule has 1 aromatic carbocycles. The van der Waals surface area contributed by atoms with Crippen molar-refractivity contribution >= 4 is 0 Å². The van der Waals surface area contributed by atoms with Crippen LogP contribution in [0.5, 0.6) is 11.5 Å². The summed E-state index contributed by atoms with van der Waals surface area (Å²) in [5.74, 6) is 3.21. The lowest BCUT2D eigenvalue weighted by molar-refractivity contribution is 0.171. The molecule has 104 valence electrons. The van der Waals surface area contributed by atoms with Gasteiger partial charge in [-0.3, -0.25) is 0 Å². The van der Waals surface area contributed by atoms with Crippen LogP contribution < -0.4 is 14.8 Å². The second kappa shape index (κ2) is 5.80. The minimum atomic E-state index is 0.655. The lowest BCUT2D eigenvalue weighted by Gasteiger charge is -2.18. The van der Waals surface area contributed by atoms with Gasteiger partial charge in [-0.25, -0.2) is 0 Å². The highest BCUT2D eigenvalue weighted by Gasteiger charge is 2.38. The molecule has 1 saturated carbocycles. The van der Waals surface area contributed by atoms with Gasteiger partial charge in [-0.2, -0.15) is 0 Å². The third-order valence-corrected chi connectivity index (χ3v) is 3.81. The van der Waals surface area contributed by atoms with Gasteiger partial charge in [-0.15, -0.1) is 0 Å². The average Bonchev–Trinajstić information content (AvgIpc) is 3.23. The summed E-state index contributed by atoms with van der Waals surface area (Å²) in [7, 11) is 1.73. The molecule has 4 nitrogen and oxygen atoms in total. The third kappa shape index (κ3) is 3.01. The Morgan fingerprint density at radius 1 is 1.26 bits per heavy atom. The van der Waals surface area contributed by atoms with Crippen molar-refractivity contribution in [2.75, 3.05) is 40.0 Å². The fourth-order valence-corrected chi connectivity index (χ4v) is 2.63. The van der Waals surface area contributed by atoms with E-state index in [4.69, 9.17) is 14.2 Å². The fourth-order valence-electron chi connectivity index (χ4n) is 2.63. The zero-order valence-corrected chi connectivity index (χ0v) is 11.4. The van der Waals surface area contributed by atoms with Crippen molar-refractivity contribution in [3.05, 3.63) is 23.8 Å². The van der Waals surface area contributed by atoms with E-state index in [9.17, 15) is 0 Å². The lowest BCUT2D eigenvalue weighted by Crippen LogP contribution is -2.21. The maximum atomic E-state index is 5.63. The first-order valence-electron chi connectivity index (χ1n) is 6.97. The standard InChI is InChI=1S/C15H21NO3/c1-17-5-4-16-10-12-8-13(12)11-2-3-14-15(9-11)19-7-6-18-14/h2-3,9,12-13,16H,4-8,10H2,1H3. The highest BCUT2D eigenvalue weighted by atomic mass is 16.6. The summed E-state index contributed by atoms with van der Waals surface area (Å²) >= 11 is 0. The molecular formula is C15H21NO3. The molecule has 0 spiro atoms. The van der Waals surface area contributed by atoms with Crippen LogP contribution in [0.25, 0.3) is 0 Å². The molecule has 1 fully saturated rings. The summed E-state index contributed by atoms with van der Waals surface area (Å²) in [6, 6.07) is 6.36. The Morgan fingerprint density at radius 3 is 2.95 bits per heavy atom. The van der Waals surface area contributed by atoms with Crippen LogP contribution >= 0.6 is 0 Å². The van der Waals surface area contributed by atoms with Crippen molar-refractivity contribution in [1.82, 2.24) is 5.32 Å². The van der Waals surface area contributed by atoms with E-state index in [1.54, 1.807) is 7.11 Å². The van der Waals surface area contributed by atoms with Crippen LogP contribution in [0.15, 0.2) is 18.2 Å². The van der Waals surface area contributed by atoms with E-state index in [1.165, 1.54) is 12.0 Å². The summed E-state index contributed by atoms with van der Waals surface area (Å²) in [6.07, 6.45) is 1.26. The normalized spacial score (nSPS) is 24.3. The van der Waals surface area contributed by atoms with Gasteiger partial charge in [0.1, 0.15) is 13.2 Å². The van der Waals surface area contributed by atoms with Crippen LogP contribution in [0.4, 0.5) is 0 Å². The van der Waals surface area contributed by atoms with Crippen molar-refractivity contribution < 1.29 is 14.2 Å². The Morgan fingerprint density at radius 2 is 2.11 bits per heavy atom. The largest absolute Gasteiger partial charge is 0.486 e. The minimum Gasteiger partial charge on any atom is -0.486 e. The molecule has 2 aliphatic rings. The molecule has 1 aliphatic carbocycles. The Hall–Kier alpha value is -1.26. The van der Waals surface area contributed by atoms with E-state index in [0.29, 0.717) is 19.1 Å². The second-order valence-electron chi connectivity index (χ2n) is 5.20. The molecule has 3 rings (SSSR count). The van der Waals surface area contributed by atoms with Gasteiger partial charge in [0.2, 0.25) is 0 Å². The van der Waals surface area contributed by atoms with Crippen molar-refractivity contribution in [3.63, 3.8) is 0 Å². The first-order valence-corrected chi connectivity index (χ1v) is 6.97. The smallest absolute Gasteiger partial charge is 0.161 e. The quantitative estimate of drug-likeness (QED) is 0.794. The van der Waals surface area contributed by atoms with Crippen molar-refractivity contribution in [2.45, 2.75) is 12.3 Å². The molecule has 0 amide bonds. The Balaban J connectivity index is 1.53. The molecule has 0 bridgehead atoms. The molecule has 0 radical (unpaired) electrons. The number of methoxy groups -OCH3 is 1. The van der Waals surface area contributed by atoms with Crippen LogP contribution in [0.3, 0.4) is 0 Å². The first kappa shape index (κ1) is 12.8. The number of fused-ring (bicyclic) bond motifs is 1. The van der Waals surface area contributed by atoms with Crippen molar-refractivity contribution in [1.29, 1.82) is 0 Å². The number of benzene rings is 1. The predicted molar refractivity (Wildman–Crippen MR) is 73.0 cm³/mol. The number of ether oxygens (including phenoxy) is 3. The van der Waals surface area contributed by atoms with Crippen LogP contribution in [-0.4, -0.2) is 40.0 Å². The molecule has 0 aromatic heterocycles. The lowest BCUT2D eigenvalue weighted by atomic mass is 10.1. The molecule has 1 aliphatic heterocycles. The first-order chi connectivity index (χ1) is 9.38. The summed E-state index contributed by atoms with van der Waals surface area (Å²) in [5.41, 5.74) is 1.38. The third-order valence-electron chi connectivity index (χ3n) is 3.81. The Bertz CT molecular complexity index is 435. The number of hydrogen-bond acceptors (Lipinski definition) is 4. The predicted octanol–water partition coefficient (Wildman–Crippen LogP) is 1.80. The Labute approximate surface area is 114 Å². The van der Waals surface area contributed by atoms with Crippen LogP contribution in [0.1, 0.15) is 17.9 Å². The van der Waals surface area contributed by atoms with Gasteiger partial charge in [0, 0.05) is 13.7 Å².